The normalized spacial score (nSPS) is 10.5. The zero-order valence-electron chi connectivity index (χ0n) is 13.3. The number of carbonyl (C=O) groups is 2. The van der Waals surface area contributed by atoms with Crippen molar-refractivity contribution in [1.82, 2.24) is 0 Å². The summed E-state index contributed by atoms with van der Waals surface area (Å²) >= 11 is 4.84. The molecule has 0 N–H and O–H groups in total. The molecule has 3 nitrogen and oxygen atoms in total. The van der Waals surface area contributed by atoms with Crippen molar-refractivity contribution in [2.75, 3.05) is 12.4 Å². The van der Waals surface area contributed by atoms with Crippen LogP contribution in [0.5, 0.6) is 0 Å². The smallest absolute Gasteiger partial charge is 0.316 e. The predicted octanol–water partition coefficient (Wildman–Crippen LogP) is 4.72. The quantitative estimate of drug-likeness (QED) is 0.392. The molecule has 0 heterocycles. The number of rotatable bonds is 6. The van der Waals surface area contributed by atoms with E-state index in [1.165, 1.54) is 36.0 Å². The lowest BCUT2D eigenvalue weighted by molar-refractivity contribution is -0.139. The number of hydrogen-bond donors (Lipinski definition) is 0. The molecule has 0 unspecified atom stereocenters. The highest BCUT2D eigenvalue weighted by atomic mass is 79.9. The van der Waals surface area contributed by atoms with Crippen LogP contribution in [-0.4, -0.2) is 24.1 Å². The molecule has 2 rings (SSSR count). The summed E-state index contributed by atoms with van der Waals surface area (Å²) in [7, 11) is 0. The number of ketones is 1. The fourth-order valence-corrected chi connectivity index (χ4v) is 3.31. The van der Waals surface area contributed by atoms with E-state index in [4.69, 9.17) is 4.74 Å². The lowest BCUT2D eigenvalue weighted by Gasteiger charge is -2.09. The number of hydrogen-bond acceptors (Lipinski definition) is 4. The number of esters is 1. The Bertz CT molecular complexity index is 760. The Balaban J connectivity index is 1.84. The van der Waals surface area contributed by atoms with E-state index in [1.807, 2.05) is 26.0 Å². The van der Waals surface area contributed by atoms with Gasteiger partial charge in [-0.3, -0.25) is 9.59 Å². The molecule has 0 saturated carbocycles. The summed E-state index contributed by atoms with van der Waals surface area (Å²) in [5.41, 5.74) is 2.46. The van der Waals surface area contributed by atoms with Gasteiger partial charge in [-0.15, -0.1) is 11.8 Å². The molecular formula is C18H16BrFO3S. The van der Waals surface area contributed by atoms with E-state index < -0.39 is 11.8 Å². The van der Waals surface area contributed by atoms with Gasteiger partial charge in [-0.05, 0) is 61.4 Å². The minimum absolute atomic E-state index is 0.124. The fourth-order valence-electron chi connectivity index (χ4n) is 1.95. The van der Waals surface area contributed by atoms with Gasteiger partial charge < -0.3 is 4.74 Å². The second kappa shape index (κ2) is 8.44. The van der Waals surface area contributed by atoms with Crippen LogP contribution < -0.4 is 0 Å². The molecule has 2 aromatic rings. The van der Waals surface area contributed by atoms with Crippen molar-refractivity contribution in [3.63, 3.8) is 0 Å². The average molecular weight is 411 g/mol. The van der Waals surface area contributed by atoms with Gasteiger partial charge in [-0.1, -0.05) is 15.9 Å². The van der Waals surface area contributed by atoms with Crippen LogP contribution in [0, 0.1) is 19.7 Å². The Morgan fingerprint density at radius 1 is 1.12 bits per heavy atom. The molecule has 0 aromatic heterocycles. The Morgan fingerprint density at radius 2 is 1.79 bits per heavy atom. The maximum atomic E-state index is 12.8. The standard InChI is InChI=1S/C18H16BrFO3S/c1-11-8-17(12(2)7-15(11)19)24-10-18(22)23-9-16(21)13-3-5-14(20)6-4-13/h3-8H,9-10H2,1-2H3. The van der Waals surface area contributed by atoms with E-state index in [0.29, 0.717) is 5.56 Å². The highest BCUT2D eigenvalue weighted by Crippen LogP contribution is 2.28. The van der Waals surface area contributed by atoms with Crippen LogP contribution in [0.4, 0.5) is 4.39 Å². The van der Waals surface area contributed by atoms with Crippen LogP contribution in [0.15, 0.2) is 45.8 Å². The van der Waals surface area contributed by atoms with E-state index in [-0.39, 0.29) is 18.1 Å². The van der Waals surface area contributed by atoms with E-state index in [2.05, 4.69) is 15.9 Å². The highest BCUT2D eigenvalue weighted by molar-refractivity contribution is 9.10. The lowest BCUT2D eigenvalue weighted by Crippen LogP contribution is -2.15. The third-order valence-electron chi connectivity index (χ3n) is 3.33. The Hall–Kier alpha value is -1.66. The van der Waals surface area contributed by atoms with Crippen molar-refractivity contribution in [3.8, 4) is 0 Å². The van der Waals surface area contributed by atoms with Crippen molar-refractivity contribution in [1.29, 1.82) is 0 Å². The molecule has 0 fully saturated rings. The van der Waals surface area contributed by atoms with Gasteiger partial charge >= 0.3 is 5.97 Å². The first-order valence-corrected chi connectivity index (χ1v) is 8.98. The van der Waals surface area contributed by atoms with Crippen molar-refractivity contribution in [3.05, 3.63) is 63.4 Å². The first-order valence-electron chi connectivity index (χ1n) is 7.20. The van der Waals surface area contributed by atoms with Gasteiger partial charge in [0.25, 0.3) is 0 Å². The molecule has 2 aromatic carbocycles. The zero-order valence-corrected chi connectivity index (χ0v) is 15.7. The van der Waals surface area contributed by atoms with Crippen LogP contribution >= 0.6 is 27.7 Å². The third-order valence-corrected chi connectivity index (χ3v) is 5.32. The SMILES string of the molecule is Cc1cc(SCC(=O)OCC(=O)c2ccc(F)cc2)c(C)cc1Br. The summed E-state index contributed by atoms with van der Waals surface area (Å²) in [6.07, 6.45) is 0. The maximum Gasteiger partial charge on any atom is 0.316 e. The molecule has 126 valence electrons. The summed E-state index contributed by atoms with van der Waals surface area (Å²) in [4.78, 5) is 24.7. The molecule has 24 heavy (non-hydrogen) atoms. The van der Waals surface area contributed by atoms with Crippen LogP contribution in [0.2, 0.25) is 0 Å². The fraction of sp³-hybridized carbons (Fsp3) is 0.222. The zero-order chi connectivity index (χ0) is 17.7. The topological polar surface area (TPSA) is 43.4 Å². The molecule has 0 saturated heterocycles. The largest absolute Gasteiger partial charge is 0.457 e. The van der Waals surface area contributed by atoms with E-state index in [1.54, 1.807) is 0 Å². The van der Waals surface area contributed by atoms with E-state index in [0.717, 1.165) is 20.5 Å². The Labute approximate surface area is 152 Å². The van der Waals surface area contributed by atoms with Gasteiger partial charge in [0.1, 0.15) is 5.82 Å². The highest BCUT2D eigenvalue weighted by Gasteiger charge is 2.12. The number of benzene rings is 2. The third kappa shape index (κ3) is 5.18. The van der Waals surface area contributed by atoms with Crippen molar-refractivity contribution < 1.29 is 18.7 Å². The van der Waals surface area contributed by atoms with E-state index in [9.17, 15) is 14.0 Å². The molecule has 0 atom stereocenters. The van der Waals surface area contributed by atoms with Gasteiger partial charge in [0, 0.05) is 14.9 Å². The summed E-state index contributed by atoms with van der Waals surface area (Å²) in [5.74, 6) is -1.11. The van der Waals surface area contributed by atoms with Crippen molar-refractivity contribution in [2.24, 2.45) is 0 Å². The van der Waals surface area contributed by atoms with Crippen LogP contribution in [0.1, 0.15) is 21.5 Å². The molecule has 0 aliphatic rings. The van der Waals surface area contributed by atoms with Crippen molar-refractivity contribution in [2.45, 2.75) is 18.7 Å². The number of aryl methyl sites for hydroxylation is 2. The number of ether oxygens (including phenoxy) is 1. The molecule has 0 aliphatic carbocycles. The minimum atomic E-state index is -0.463. The second-order valence-corrected chi connectivity index (χ2v) is 7.12. The monoisotopic (exact) mass is 410 g/mol. The molecule has 0 aliphatic heterocycles. The molecule has 0 radical (unpaired) electrons. The van der Waals surface area contributed by atoms with Gasteiger partial charge in [0.2, 0.25) is 0 Å². The summed E-state index contributed by atoms with van der Waals surface area (Å²) in [6.45, 7) is 3.60. The van der Waals surface area contributed by atoms with Crippen LogP contribution in [-0.2, 0) is 9.53 Å². The second-order valence-electron chi connectivity index (χ2n) is 5.25. The summed E-state index contributed by atoms with van der Waals surface area (Å²) in [5, 5.41) is 0. The van der Waals surface area contributed by atoms with Gasteiger partial charge in [0.05, 0.1) is 5.75 Å². The Morgan fingerprint density at radius 3 is 2.46 bits per heavy atom. The summed E-state index contributed by atoms with van der Waals surface area (Å²) in [6, 6.07) is 9.14. The molecule has 0 bridgehead atoms. The molecule has 0 spiro atoms. The number of Topliss-reactive ketones (excluding diaryl/α,β-unsaturated/α-hetero) is 1. The van der Waals surface area contributed by atoms with E-state index >= 15 is 0 Å². The molecular weight excluding hydrogens is 395 g/mol. The molecule has 6 heteroatoms. The molecule has 0 amide bonds. The van der Waals surface area contributed by atoms with Crippen molar-refractivity contribution >= 4 is 39.4 Å². The first kappa shape index (κ1) is 18.7. The average Bonchev–Trinajstić information content (AvgIpc) is 2.55. The first-order chi connectivity index (χ1) is 11.4. The van der Waals surface area contributed by atoms with Crippen LogP contribution in [0.3, 0.4) is 0 Å². The van der Waals surface area contributed by atoms with Gasteiger partial charge in [-0.25, -0.2) is 4.39 Å². The number of carbonyl (C=O) groups excluding carboxylic acids is 2. The number of thioether (sulfide) groups is 1. The predicted molar refractivity (Wildman–Crippen MR) is 96.0 cm³/mol. The van der Waals surface area contributed by atoms with Crippen LogP contribution in [0.25, 0.3) is 0 Å². The number of halogens is 2. The minimum Gasteiger partial charge on any atom is -0.457 e. The van der Waals surface area contributed by atoms with Gasteiger partial charge in [0.15, 0.2) is 12.4 Å². The summed E-state index contributed by atoms with van der Waals surface area (Å²) < 4.78 is 18.8. The van der Waals surface area contributed by atoms with Gasteiger partial charge in [-0.2, -0.15) is 0 Å². The Kier molecular flexibility index (Phi) is 6.57. The lowest BCUT2D eigenvalue weighted by atomic mass is 10.1. The maximum absolute atomic E-state index is 12.8.